The molecule has 4 rings (SSSR count). The SMILES string of the molecule is Cc1cccc(OCC(=O)Nc2sc3c(c2C(=O)NCc2cccnc2)CCCC3)c1C. The Kier molecular flexibility index (Phi) is 6.85. The van der Waals surface area contributed by atoms with Gasteiger partial charge < -0.3 is 15.4 Å². The van der Waals surface area contributed by atoms with E-state index in [0.717, 1.165) is 47.9 Å². The summed E-state index contributed by atoms with van der Waals surface area (Å²) in [5.41, 5.74) is 4.71. The third kappa shape index (κ3) is 4.99. The first-order chi connectivity index (χ1) is 15.5. The van der Waals surface area contributed by atoms with Crippen molar-refractivity contribution in [1.29, 1.82) is 0 Å². The highest BCUT2D eigenvalue weighted by atomic mass is 32.1. The lowest BCUT2D eigenvalue weighted by molar-refractivity contribution is -0.118. The number of carbonyl (C=O) groups excluding carboxylic acids is 2. The molecule has 2 amide bonds. The van der Waals surface area contributed by atoms with Gasteiger partial charge in [-0.1, -0.05) is 18.2 Å². The molecule has 0 atom stereocenters. The summed E-state index contributed by atoms with van der Waals surface area (Å²) < 4.78 is 5.74. The van der Waals surface area contributed by atoms with E-state index in [2.05, 4.69) is 15.6 Å². The van der Waals surface area contributed by atoms with Crippen molar-refractivity contribution in [3.8, 4) is 5.75 Å². The quantitative estimate of drug-likeness (QED) is 0.553. The van der Waals surface area contributed by atoms with E-state index in [-0.39, 0.29) is 18.4 Å². The monoisotopic (exact) mass is 449 g/mol. The Hall–Kier alpha value is -3.19. The molecule has 0 saturated carbocycles. The van der Waals surface area contributed by atoms with Gasteiger partial charge in [-0.3, -0.25) is 14.6 Å². The molecule has 0 bridgehead atoms. The molecule has 1 aliphatic rings. The minimum Gasteiger partial charge on any atom is -0.483 e. The van der Waals surface area contributed by atoms with E-state index in [0.29, 0.717) is 22.9 Å². The van der Waals surface area contributed by atoms with Crippen molar-refractivity contribution >= 4 is 28.2 Å². The number of benzene rings is 1. The molecule has 2 heterocycles. The zero-order valence-corrected chi connectivity index (χ0v) is 19.2. The average molecular weight is 450 g/mol. The lowest BCUT2D eigenvalue weighted by atomic mass is 9.95. The first kappa shape index (κ1) is 22.0. The molecule has 0 fully saturated rings. The Morgan fingerprint density at radius 1 is 1.12 bits per heavy atom. The van der Waals surface area contributed by atoms with E-state index in [1.165, 1.54) is 16.2 Å². The highest BCUT2D eigenvalue weighted by Crippen LogP contribution is 2.38. The molecular formula is C25H27N3O3S. The predicted molar refractivity (Wildman–Crippen MR) is 126 cm³/mol. The topological polar surface area (TPSA) is 80.3 Å². The summed E-state index contributed by atoms with van der Waals surface area (Å²) in [6, 6.07) is 9.54. The number of aryl methyl sites for hydroxylation is 2. The van der Waals surface area contributed by atoms with Crippen LogP contribution in [-0.4, -0.2) is 23.4 Å². The summed E-state index contributed by atoms with van der Waals surface area (Å²) in [4.78, 5) is 31.1. The van der Waals surface area contributed by atoms with Crippen LogP contribution < -0.4 is 15.4 Å². The van der Waals surface area contributed by atoms with Gasteiger partial charge in [0.2, 0.25) is 0 Å². The largest absolute Gasteiger partial charge is 0.483 e. The molecule has 166 valence electrons. The Balaban J connectivity index is 1.48. The number of pyridine rings is 1. The molecule has 2 N–H and O–H groups in total. The number of thiophene rings is 1. The molecule has 6 nitrogen and oxygen atoms in total. The van der Waals surface area contributed by atoms with Crippen molar-refractivity contribution in [2.45, 2.75) is 46.1 Å². The van der Waals surface area contributed by atoms with E-state index in [9.17, 15) is 9.59 Å². The second kappa shape index (κ2) is 9.96. The zero-order valence-electron chi connectivity index (χ0n) is 18.4. The van der Waals surface area contributed by atoms with Crippen molar-refractivity contribution in [2.24, 2.45) is 0 Å². The van der Waals surface area contributed by atoms with Crippen molar-refractivity contribution in [1.82, 2.24) is 10.3 Å². The fourth-order valence-electron chi connectivity index (χ4n) is 3.85. The number of nitrogens with one attached hydrogen (secondary N) is 2. The van der Waals surface area contributed by atoms with Crippen LogP contribution in [0.5, 0.6) is 5.75 Å². The van der Waals surface area contributed by atoms with E-state index < -0.39 is 0 Å². The van der Waals surface area contributed by atoms with Gasteiger partial charge in [-0.05, 0) is 73.9 Å². The highest BCUT2D eigenvalue weighted by molar-refractivity contribution is 7.17. The number of nitrogens with zero attached hydrogens (tertiary/aromatic N) is 1. The molecule has 32 heavy (non-hydrogen) atoms. The van der Waals surface area contributed by atoms with Gasteiger partial charge in [0.1, 0.15) is 10.8 Å². The van der Waals surface area contributed by atoms with Crippen LogP contribution in [0.1, 0.15) is 50.3 Å². The van der Waals surface area contributed by atoms with Crippen LogP contribution in [0.3, 0.4) is 0 Å². The molecule has 2 aromatic heterocycles. The average Bonchev–Trinajstić information content (AvgIpc) is 3.17. The number of anilines is 1. The lowest BCUT2D eigenvalue weighted by Gasteiger charge is -2.14. The molecular weight excluding hydrogens is 422 g/mol. The number of hydrogen-bond donors (Lipinski definition) is 2. The molecule has 1 aromatic carbocycles. The standard InChI is InChI=1S/C25H27N3O3S/c1-16-7-5-10-20(17(16)2)31-15-22(29)28-25-23(19-9-3-4-11-21(19)32-25)24(30)27-14-18-8-6-12-26-13-18/h5-8,10,12-13H,3-4,9,11,14-15H2,1-2H3,(H,27,30)(H,28,29). The van der Waals surface area contributed by atoms with Gasteiger partial charge in [0.25, 0.3) is 11.8 Å². The zero-order chi connectivity index (χ0) is 22.5. The summed E-state index contributed by atoms with van der Waals surface area (Å²) in [6.07, 6.45) is 7.39. The Labute approximate surface area is 192 Å². The van der Waals surface area contributed by atoms with Crippen molar-refractivity contribution in [2.75, 3.05) is 11.9 Å². The molecule has 7 heteroatoms. The molecule has 0 spiro atoms. The first-order valence-corrected chi connectivity index (χ1v) is 11.6. The highest BCUT2D eigenvalue weighted by Gasteiger charge is 2.26. The van der Waals surface area contributed by atoms with Gasteiger partial charge in [-0.25, -0.2) is 0 Å². The molecule has 0 aliphatic heterocycles. The van der Waals surface area contributed by atoms with Gasteiger partial charge >= 0.3 is 0 Å². The number of hydrogen-bond acceptors (Lipinski definition) is 5. The van der Waals surface area contributed by atoms with Crippen LogP contribution in [0.4, 0.5) is 5.00 Å². The molecule has 3 aromatic rings. The number of fused-ring (bicyclic) bond motifs is 1. The van der Waals surface area contributed by atoms with E-state index >= 15 is 0 Å². The second-order valence-corrected chi connectivity index (χ2v) is 9.10. The van der Waals surface area contributed by atoms with E-state index in [1.54, 1.807) is 12.4 Å². The lowest BCUT2D eigenvalue weighted by Crippen LogP contribution is -2.26. The summed E-state index contributed by atoms with van der Waals surface area (Å²) in [5.74, 6) is 0.255. The number of ether oxygens (including phenoxy) is 1. The van der Waals surface area contributed by atoms with Crippen molar-refractivity contribution in [3.05, 3.63) is 75.4 Å². The normalized spacial score (nSPS) is 12.7. The smallest absolute Gasteiger partial charge is 0.262 e. The number of rotatable bonds is 7. The molecule has 0 unspecified atom stereocenters. The fraction of sp³-hybridized carbons (Fsp3) is 0.320. The summed E-state index contributed by atoms with van der Waals surface area (Å²) in [6.45, 7) is 4.26. The Bertz CT molecular complexity index is 1120. The Morgan fingerprint density at radius 3 is 2.78 bits per heavy atom. The second-order valence-electron chi connectivity index (χ2n) is 7.99. The first-order valence-electron chi connectivity index (χ1n) is 10.8. The van der Waals surface area contributed by atoms with Crippen LogP contribution in [0, 0.1) is 13.8 Å². The number of aromatic nitrogens is 1. The maximum absolute atomic E-state index is 13.1. The van der Waals surface area contributed by atoms with E-state index in [4.69, 9.17) is 4.74 Å². The Morgan fingerprint density at radius 2 is 1.97 bits per heavy atom. The summed E-state index contributed by atoms with van der Waals surface area (Å²) in [5, 5.41) is 6.52. The van der Waals surface area contributed by atoms with Crippen LogP contribution in [0.2, 0.25) is 0 Å². The fourth-order valence-corrected chi connectivity index (χ4v) is 5.16. The summed E-state index contributed by atoms with van der Waals surface area (Å²) in [7, 11) is 0. The number of amides is 2. The minimum atomic E-state index is -0.272. The van der Waals surface area contributed by atoms with E-state index in [1.807, 2.05) is 44.2 Å². The van der Waals surface area contributed by atoms with Gasteiger partial charge in [0.05, 0.1) is 5.56 Å². The van der Waals surface area contributed by atoms with Crippen molar-refractivity contribution < 1.29 is 14.3 Å². The maximum Gasteiger partial charge on any atom is 0.262 e. The van der Waals surface area contributed by atoms with Gasteiger partial charge in [0.15, 0.2) is 6.61 Å². The molecule has 0 radical (unpaired) electrons. The third-order valence-electron chi connectivity index (χ3n) is 5.74. The predicted octanol–water partition coefficient (Wildman–Crippen LogP) is 4.59. The van der Waals surface area contributed by atoms with Gasteiger partial charge in [-0.2, -0.15) is 0 Å². The maximum atomic E-state index is 13.1. The minimum absolute atomic E-state index is 0.108. The van der Waals surface area contributed by atoms with Gasteiger partial charge in [-0.15, -0.1) is 11.3 Å². The van der Waals surface area contributed by atoms with Gasteiger partial charge in [0, 0.05) is 23.8 Å². The third-order valence-corrected chi connectivity index (χ3v) is 6.95. The number of carbonyl (C=O) groups is 2. The van der Waals surface area contributed by atoms with Crippen LogP contribution in [0.15, 0.2) is 42.7 Å². The summed E-state index contributed by atoms with van der Waals surface area (Å²) >= 11 is 1.51. The molecule has 0 saturated heterocycles. The van der Waals surface area contributed by atoms with Crippen LogP contribution in [0.25, 0.3) is 0 Å². The van der Waals surface area contributed by atoms with Crippen LogP contribution >= 0.6 is 11.3 Å². The van der Waals surface area contributed by atoms with Crippen molar-refractivity contribution in [3.63, 3.8) is 0 Å². The van der Waals surface area contributed by atoms with Crippen LogP contribution in [-0.2, 0) is 24.2 Å². The molecule has 1 aliphatic carbocycles.